The monoisotopic (exact) mass is 289 g/mol. The van der Waals surface area contributed by atoms with Gasteiger partial charge in [-0.15, -0.1) is 11.3 Å². The van der Waals surface area contributed by atoms with Crippen molar-refractivity contribution < 1.29 is 4.74 Å². The fraction of sp³-hybridized carbons (Fsp3) is 0.636. The summed E-state index contributed by atoms with van der Waals surface area (Å²) < 4.78 is 6.79. The second kappa shape index (κ2) is 4.53. The molecule has 0 bridgehead atoms. The molecule has 1 aromatic rings. The molecule has 84 valence electrons. The summed E-state index contributed by atoms with van der Waals surface area (Å²) in [7, 11) is 0. The van der Waals surface area contributed by atoms with E-state index in [1.165, 1.54) is 9.35 Å². The van der Waals surface area contributed by atoms with E-state index < -0.39 is 0 Å². The van der Waals surface area contributed by atoms with Crippen LogP contribution >= 0.6 is 27.3 Å². The van der Waals surface area contributed by atoms with Crippen LogP contribution in [0.15, 0.2) is 15.2 Å². The molecule has 0 aliphatic carbocycles. The van der Waals surface area contributed by atoms with Gasteiger partial charge in [-0.05, 0) is 53.2 Å². The molecule has 1 N–H and O–H groups in total. The van der Waals surface area contributed by atoms with Gasteiger partial charge in [0.15, 0.2) is 0 Å². The van der Waals surface area contributed by atoms with Crippen molar-refractivity contribution in [2.75, 3.05) is 6.61 Å². The van der Waals surface area contributed by atoms with E-state index in [4.69, 9.17) is 4.74 Å². The van der Waals surface area contributed by atoms with Gasteiger partial charge in [0.05, 0.1) is 9.89 Å². The van der Waals surface area contributed by atoms with Gasteiger partial charge < -0.3 is 10.1 Å². The first kappa shape index (κ1) is 11.6. The summed E-state index contributed by atoms with van der Waals surface area (Å²) in [5.74, 6) is 0. The first-order valence-corrected chi connectivity index (χ1v) is 6.87. The summed E-state index contributed by atoms with van der Waals surface area (Å²) in [5, 5.41) is 5.78. The molecule has 2 unspecified atom stereocenters. The van der Waals surface area contributed by atoms with E-state index in [1.807, 2.05) is 0 Å². The van der Waals surface area contributed by atoms with Crippen LogP contribution in [0.1, 0.15) is 25.8 Å². The molecular formula is C11H16BrNOS. The number of nitrogens with one attached hydrogen (secondary N) is 1. The lowest BCUT2D eigenvalue weighted by Crippen LogP contribution is -2.47. The zero-order valence-corrected chi connectivity index (χ0v) is 11.5. The van der Waals surface area contributed by atoms with Gasteiger partial charge in [-0.25, -0.2) is 0 Å². The summed E-state index contributed by atoms with van der Waals surface area (Å²) >= 11 is 5.21. The van der Waals surface area contributed by atoms with Gasteiger partial charge in [-0.3, -0.25) is 0 Å². The zero-order valence-electron chi connectivity index (χ0n) is 9.05. The van der Waals surface area contributed by atoms with Crippen LogP contribution < -0.4 is 5.32 Å². The summed E-state index contributed by atoms with van der Waals surface area (Å²) in [4.78, 5) is 0. The molecule has 0 amide bonds. The molecule has 1 aliphatic heterocycles. The fourth-order valence-electron chi connectivity index (χ4n) is 1.81. The Balaban J connectivity index is 1.92. The van der Waals surface area contributed by atoms with Crippen LogP contribution in [0.5, 0.6) is 0 Å². The molecule has 2 heterocycles. The van der Waals surface area contributed by atoms with Crippen molar-refractivity contribution in [1.82, 2.24) is 5.32 Å². The Labute approximate surface area is 103 Å². The summed E-state index contributed by atoms with van der Waals surface area (Å²) in [5.41, 5.74) is 1.47. The van der Waals surface area contributed by atoms with E-state index in [-0.39, 0.29) is 5.54 Å². The van der Waals surface area contributed by atoms with Crippen molar-refractivity contribution in [2.45, 2.75) is 38.5 Å². The van der Waals surface area contributed by atoms with Crippen molar-refractivity contribution in [2.24, 2.45) is 0 Å². The number of thiophene rings is 1. The quantitative estimate of drug-likeness (QED) is 0.923. The summed E-state index contributed by atoms with van der Waals surface area (Å²) in [6.07, 6.45) is 1.40. The Bertz CT molecular complexity index is 341. The molecule has 2 nitrogen and oxygen atoms in total. The number of ether oxygens (including phenoxy) is 1. The number of halogens is 1. The van der Waals surface area contributed by atoms with Gasteiger partial charge in [-0.1, -0.05) is 0 Å². The largest absolute Gasteiger partial charge is 0.377 e. The zero-order chi connectivity index (χ0) is 10.9. The summed E-state index contributed by atoms with van der Waals surface area (Å²) in [6.45, 7) is 6.18. The topological polar surface area (TPSA) is 21.3 Å². The third kappa shape index (κ3) is 2.61. The highest BCUT2D eigenvalue weighted by atomic mass is 79.9. The van der Waals surface area contributed by atoms with Crippen LogP contribution in [-0.2, 0) is 11.3 Å². The second-order valence-electron chi connectivity index (χ2n) is 4.29. The van der Waals surface area contributed by atoms with Gasteiger partial charge in [0.2, 0.25) is 0 Å². The Kier molecular flexibility index (Phi) is 3.50. The van der Waals surface area contributed by atoms with Crippen LogP contribution in [0.2, 0.25) is 0 Å². The number of rotatable bonds is 3. The van der Waals surface area contributed by atoms with E-state index in [1.54, 1.807) is 11.3 Å². The highest BCUT2D eigenvalue weighted by Crippen LogP contribution is 2.26. The van der Waals surface area contributed by atoms with Crippen LogP contribution in [0.3, 0.4) is 0 Å². The Hall–Kier alpha value is 0.100. The fourth-order valence-corrected chi connectivity index (χ4v) is 3.02. The maximum atomic E-state index is 5.59. The summed E-state index contributed by atoms with van der Waals surface area (Å²) in [6, 6.07) is 2.17. The van der Waals surface area contributed by atoms with Crippen LogP contribution in [-0.4, -0.2) is 18.2 Å². The van der Waals surface area contributed by atoms with E-state index in [0.29, 0.717) is 6.10 Å². The lowest BCUT2D eigenvalue weighted by Gasteiger charge is -2.28. The highest BCUT2D eigenvalue weighted by Gasteiger charge is 2.36. The lowest BCUT2D eigenvalue weighted by molar-refractivity contribution is 0.0881. The first-order chi connectivity index (χ1) is 7.10. The Morgan fingerprint density at radius 3 is 3.07 bits per heavy atom. The molecule has 1 fully saturated rings. The van der Waals surface area contributed by atoms with Crippen molar-refractivity contribution in [3.8, 4) is 0 Å². The minimum atomic E-state index is 0.133. The maximum Gasteiger partial charge on any atom is 0.0726 e. The predicted octanol–water partition coefficient (Wildman–Crippen LogP) is 3.17. The van der Waals surface area contributed by atoms with Crippen LogP contribution in [0.4, 0.5) is 0 Å². The molecule has 0 radical (unpaired) electrons. The van der Waals surface area contributed by atoms with Crippen molar-refractivity contribution in [1.29, 1.82) is 0 Å². The van der Waals surface area contributed by atoms with E-state index >= 15 is 0 Å². The third-order valence-corrected chi connectivity index (χ3v) is 4.76. The van der Waals surface area contributed by atoms with Crippen molar-refractivity contribution >= 4 is 27.3 Å². The normalized spacial score (nSPS) is 31.0. The van der Waals surface area contributed by atoms with Gasteiger partial charge in [0.25, 0.3) is 0 Å². The molecule has 0 saturated carbocycles. The second-order valence-corrected chi connectivity index (χ2v) is 6.58. The maximum absolute atomic E-state index is 5.59. The molecule has 0 spiro atoms. The van der Waals surface area contributed by atoms with Gasteiger partial charge >= 0.3 is 0 Å². The number of hydrogen-bond donors (Lipinski definition) is 1. The minimum Gasteiger partial charge on any atom is -0.377 e. The third-order valence-electron chi connectivity index (χ3n) is 3.20. The van der Waals surface area contributed by atoms with Crippen molar-refractivity contribution in [3.63, 3.8) is 0 Å². The highest BCUT2D eigenvalue weighted by molar-refractivity contribution is 9.11. The van der Waals surface area contributed by atoms with Gasteiger partial charge in [0, 0.05) is 18.7 Å². The molecule has 1 aromatic heterocycles. The molecule has 0 aromatic carbocycles. The van der Waals surface area contributed by atoms with Gasteiger partial charge in [-0.2, -0.15) is 0 Å². The Morgan fingerprint density at radius 1 is 1.73 bits per heavy atom. The lowest BCUT2D eigenvalue weighted by atomic mass is 9.94. The van der Waals surface area contributed by atoms with E-state index in [2.05, 4.69) is 46.5 Å². The van der Waals surface area contributed by atoms with E-state index in [9.17, 15) is 0 Å². The average molecular weight is 290 g/mol. The van der Waals surface area contributed by atoms with Crippen molar-refractivity contribution in [3.05, 3.63) is 20.8 Å². The SMILES string of the molecule is CC1OCCC1(C)NCc1csc(Br)c1. The van der Waals surface area contributed by atoms with Gasteiger partial charge in [0.1, 0.15) is 0 Å². The number of hydrogen-bond acceptors (Lipinski definition) is 3. The standard InChI is InChI=1S/C11H16BrNOS/c1-8-11(2,3-4-14-8)13-6-9-5-10(12)15-7-9/h5,7-8,13H,3-4,6H2,1-2H3. The van der Waals surface area contributed by atoms with E-state index in [0.717, 1.165) is 19.6 Å². The molecule has 2 rings (SSSR count). The van der Waals surface area contributed by atoms with Crippen LogP contribution in [0, 0.1) is 0 Å². The molecular weight excluding hydrogens is 274 g/mol. The Morgan fingerprint density at radius 2 is 2.53 bits per heavy atom. The predicted molar refractivity (Wildman–Crippen MR) is 67.3 cm³/mol. The van der Waals surface area contributed by atoms with Crippen LogP contribution in [0.25, 0.3) is 0 Å². The molecule has 4 heteroatoms. The molecule has 1 saturated heterocycles. The average Bonchev–Trinajstić information content (AvgIpc) is 2.73. The first-order valence-electron chi connectivity index (χ1n) is 5.20. The molecule has 2 atom stereocenters. The minimum absolute atomic E-state index is 0.133. The molecule has 1 aliphatic rings. The smallest absolute Gasteiger partial charge is 0.0726 e. The molecule has 15 heavy (non-hydrogen) atoms.